The number of carboxylic acids is 1. The van der Waals surface area contributed by atoms with E-state index in [1.807, 2.05) is 32.0 Å². The lowest BCUT2D eigenvalue weighted by Gasteiger charge is -2.21. The second-order valence-corrected chi connectivity index (χ2v) is 6.21. The number of ether oxygens (including phenoxy) is 1. The molecule has 0 atom stereocenters. The van der Waals surface area contributed by atoms with E-state index in [2.05, 4.69) is 5.32 Å². The molecule has 0 fully saturated rings. The summed E-state index contributed by atoms with van der Waals surface area (Å²) in [4.78, 5) is 23.4. The number of aryl methyl sites for hydroxylation is 2. The van der Waals surface area contributed by atoms with Crippen molar-refractivity contribution in [1.29, 1.82) is 0 Å². The van der Waals surface area contributed by atoms with E-state index in [1.165, 1.54) is 13.8 Å². The number of anilines is 1. The zero-order chi connectivity index (χ0) is 17.9. The number of carbonyl (C=O) groups is 2. The molecule has 0 aliphatic heterocycles. The van der Waals surface area contributed by atoms with Gasteiger partial charge in [-0.15, -0.1) is 0 Å². The van der Waals surface area contributed by atoms with Crippen LogP contribution in [0.4, 0.5) is 5.69 Å². The summed E-state index contributed by atoms with van der Waals surface area (Å²) in [7, 11) is 0. The summed E-state index contributed by atoms with van der Waals surface area (Å²) in [6.45, 7) is 6.87. The molecule has 126 valence electrons. The largest absolute Gasteiger partial charge is 0.478 e. The van der Waals surface area contributed by atoms with Gasteiger partial charge in [0.2, 0.25) is 0 Å². The van der Waals surface area contributed by atoms with Crippen molar-refractivity contribution in [2.75, 3.05) is 5.32 Å². The molecule has 0 saturated carbocycles. The fourth-order valence-electron chi connectivity index (χ4n) is 2.16. The van der Waals surface area contributed by atoms with Crippen molar-refractivity contribution >= 4 is 17.6 Å². The van der Waals surface area contributed by atoms with Crippen LogP contribution in [-0.4, -0.2) is 22.6 Å². The third-order valence-electron chi connectivity index (χ3n) is 3.63. The summed E-state index contributed by atoms with van der Waals surface area (Å²) in [5.74, 6) is -0.893. The molecule has 0 aromatic heterocycles. The van der Waals surface area contributed by atoms with Gasteiger partial charge in [-0.3, -0.25) is 4.79 Å². The van der Waals surface area contributed by atoms with Gasteiger partial charge in [-0.2, -0.15) is 0 Å². The van der Waals surface area contributed by atoms with Crippen LogP contribution in [0.1, 0.15) is 35.3 Å². The van der Waals surface area contributed by atoms with Crippen molar-refractivity contribution in [3.8, 4) is 5.75 Å². The highest BCUT2D eigenvalue weighted by molar-refractivity contribution is 6.04. The van der Waals surface area contributed by atoms with Gasteiger partial charge in [-0.05, 0) is 63.6 Å². The lowest BCUT2D eigenvalue weighted by Crippen LogP contribution is -2.37. The van der Waals surface area contributed by atoms with Gasteiger partial charge in [0.05, 0.1) is 0 Å². The number of nitrogens with one attached hydrogen (secondary N) is 1. The van der Waals surface area contributed by atoms with E-state index in [0.717, 1.165) is 16.8 Å². The zero-order valence-electron chi connectivity index (χ0n) is 14.2. The van der Waals surface area contributed by atoms with Gasteiger partial charge < -0.3 is 15.2 Å². The van der Waals surface area contributed by atoms with Crippen molar-refractivity contribution < 1.29 is 19.4 Å². The molecule has 1 amide bonds. The zero-order valence-corrected chi connectivity index (χ0v) is 14.2. The first-order valence-electron chi connectivity index (χ1n) is 7.60. The molecule has 2 aromatic rings. The lowest BCUT2D eigenvalue weighted by molar-refractivity contribution is -0.152. The number of carboxylic acid groups (broad SMARTS) is 1. The summed E-state index contributed by atoms with van der Waals surface area (Å²) < 4.78 is 5.42. The van der Waals surface area contributed by atoms with Crippen molar-refractivity contribution in [2.24, 2.45) is 0 Å². The lowest BCUT2D eigenvalue weighted by atomic mass is 10.1. The van der Waals surface area contributed by atoms with Gasteiger partial charge in [0.15, 0.2) is 5.60 Å². The van der Waals surface area contributed by atoms with E-state index < -0.39 is 11.6 Å². The predicted molar refractivity (Wildman–Crippen MR) is 92.7 cm³/mol. The SMILES string of the molecule is Cc1ccc(NC(=O)c2ccc(OC(C)(C)C(=O)O)cc2)c(C)c1. The summed E-state index contributed by atoms with van der Waals surface area (Å²) in [6.07, 6.45) is 0. The molecule has 24 heavy (non-hydrogen) atoms. The number of amides is 1. The second-order valence-electron chi connectivity index (χ2n) is 6.21. The van der Waals surface area contributed by atoms with Crippen LogP contribution < -0.4 is 10.1 Å². The molecule has 2 rings (SSSR count). The van der Waals surface area contributed by atoms with Crippen molar-refractivity contribution in [3.63, 3.8) is 0 Å². The molecule has 0 aliphatic carbocycles. The first-order chi connectivity index (χ1) is 11.2. The van der Waals surface area contributed by atoms with E-state index in [4.69, 9.17) is 9.84 Å². The summed E-state index contributed by atoms with van der Waals surface area (Å²) in [6, 6.07) is 12.2. The van der Waals surface area contributed by atoms with E-state index in [1.54, 1.807) is 24.3 Å². The Hall–Kier alpha value is -2.82. The molecule has 0 radical (unpaired) electrons. The van der Waals surface area contributed by atoms with Gasteiger partial charge in [0, 0.05) is 11.3 Å². The summed E-state index contributed by atoms with van der Waals surface area (Å²) >= 11 is 0. The Morgan fingerprint density at radius 2 is 1.67 bits per heavy atom. The molecule has 2 aromatic carbocycles. The molecule has 0 bridgehead atoms. The Kier molecular flexibility index (Phi) is 4.93. The van der Waals surface area contributed by atoms with E-state index in [-0.39, 0.29) is 5.91 Å². The standard InChI is InChI=1S/C19H21NO4/c1-12-5-10-16(13(2)11-12)20-17(21)14-6-8-15(9-7-14)24-19(3,4)18(22)23/h5-11H,1-4H3,(H,20,21)(H,22,23). The molecule has 2 N–H and O–H groups in total. The summed E-state index contributed by atoms with van der Waals surface area (Å²) in [5.41, 5.74) is 2.02. The number of hydrogen-bond acceptors (Lipinski definition) is 3. The molecule has 5 heteroatoms. The van der Waals surface area contributed by atoms with Gasteiger partial charge in [-0.1, -0.05) is 17.7 Å². The molecule has 0 heterocycles. The Morgan fingerprint density at radius 3 is 2.21 bits per heavy atom. The molecular formula is C19H21NO4. The second kappa shape index (κ2) is 6.74. The van der Waals surface area contributed by atoms with Gasteiger partial charge in [0.1, 0.15) is 5.75 Å². The van der Waals surface area contributed by atoms with Gasteiger partial charge in [-0.25, -0.2) is 4.79 Å². The van der Waals surface area contributed by atoms with Gasteiger partial charge in [0.25, 0.3) is 5.91 Å². The average molecular weight is 327 g/mol. The van der Waals surface area contributed by atoms with E-state index in [0.29, 0.717) is 11.3 Å². The molecule has 0 aliphatic rings. The van der Waals surface area contributed by atoms with Crippen molar-refractivity contribution in [3.05, 3.63) is 59.2 Å². The first-order valence-corrected chi connectivity index (χ1v) is 7.60. The Balaban J connectivity index is 2.10. The maximum Gasteiger partial charge on any atom is 0.347 e. The van der Waals surface area contributed by atoms with Crippen LogP contribution >= 0.6 is 0 Å². The van der Waals surface area contributed by atoms with Crippen LogP contribution in [0.15, 0.2) is 42.5 Å². The van der Waals surface area contributed by atoms with Crippen LogP contribution in [0.25, 0.3) is 0 Å². The normalized spacial score (nSPS) is 11.0. The number of rotatable bonds is 5. The highest BCUT2D eigenvalue weighted by atomic mass is 16.5. The minimum atomic E-state index is -1.33. The molecule has 0 spiro atoms. The molecule has 0 saturated heterocycles. The van der Waals surface area contributed by atoms with Crippen LogP contribution in [0, 0.1) is 13.8 Å². The quantitative estimate of drug-likeness (QED) is 0.876. The summed E-state index contributed by atoms with van der Waals surface area (Å²) in [5, 5.41) is 11.9. The van der Waals surface area contributed by atoms with Crippen LogP contribution in [-0.2, 0) is 4.79 Å². The molecule has 0 unspecified atom stereocenters. The monoisotopic (exact) mass is 327 g/mol. The predicted octanol–water partition coefficient (Wildman–Crippen LogP) is 3.80. The number of aliphatic carboxylic acids is 1. The van der Waals surface area contributed by atoms with Crippen LogP contribution in [0.2, 0.25) is 0 Å². The number of hydrogen-bond donors (Lipinski definition) is 2. The van der Waals surface area contributed by atoms with Crippen LogP contribution in [0.3, 0.4) is 0 Å². The third-order valence-corrected chi connectivity index (χ3v) is 3.63. The minimum absolute atomic E-state index is 0.231. The van der Waals surface area contributed by atoms with Crippen molar-refractivity contribution in [1.82, 2.24) is 0 Å². The van der Waals surface area contributed by atoms with Crippen LogP contribution in [0.5, 0.6) is 5.75 Å². The van der Waals surface area contributed by atoms with Crippen molar-refractivity contribution in [2.45, 2.75) is 33.3 Å². The van der Waals surface area contributed by atoms with E-state index >= 15 is 0 Å². The average Bonchev–Trinajstić information content (AvgIpc) is 2.50. The Labute approximate surface area is 141 Å². The molecular weight excluding hydrogens is 306 g/mol. The Morgan fingerprint density at radius 1 is 1.04 bits per heavy atom. The third kappa shape index (κ3) is 4.13. The number of benzene rings is 2. The highest BCUT2D eigenvalue weighted by Crippen LogP contribution is 2.21. The highest BCUT2D eigenvalue weighted by Gasteiger charge is 2.29. The number of carbonyl (C=O) groups excluding carboxylic acids is 1. The fraction of sp³-hybridized carbons (Fsp3) is 0.263. The smallest absolute Gasteiger partial charge is 0.347 e. The fourth-order valence-corrected chi connectivity index (χ4v) is 2.16. The minimum Gasteiger partial charge on any atom is -0.478 e. The van der Waals surface area contributed by atoms with E-state index in [9.17, 15) is 9.59 Å². The topological polar surface area (TPSA) is 75.6 Å². The Bertz CT molecular complexity index is 763. The molecule has 5 nitrogen and oxygen atoms in total. The van der Waals surface area contributed by atoms with Gasteiger partial charge >= 0.3 is 5.97 Å². The maximum atomic E-state index is 12.3. The first kappa shape index (κ1) is 17.5. The maximum absolute atomic E-state index is 12.3.